The molecule has 0 aliphatic heterocycles. The highest BCUT2D eigenvalue weighted by atomic mass is 19.1. The summed E-state index contributed by atoms with van der Waals surface area (Å²) in [5, 5.41) is 0. The van der Waals surface area contributed by atoms with Crippen LogP contribution in [0.3, 0.4) is 0 Å². The van der Waals surface area contributed by atoms with Gasteiger partial charge in [-0.1, -0.05) is 38.3 Å². The summed E-state index contributed by atoms with van der Waals surface area (Å²) < 4.78 is 13.2. The number of rotatable bonds is 2. The maximum atomic E-state index is 13.2. The Bertz CT molecular complexity index is 356. The lowest BCUT2D eigenvalue weighted by Gasteiger charge is -2.39. The van der Waals surface area contributed by atoms with Crippen molar-refractivity contribution in [2.24, 2.45) is 11.1 Å². The molecule has 0 saturated heterocycles. The summed E-state index contributed by atoms with van der Waals surface area (Å²) in [6.45, 7) is 2.24. The molecule has 1 saturated carbocycles. The van der Waals surface area contributed by atoms with Gasteiger partial charge in [0, 0.05) is 6.04 Å². The Morgan fingerprint density at radius 2 is 1.94 bits per heavy atom. The van der Waals surface area contributed by atoms with Gasteiger partial charge in [-0.05, 0) is 36.0 Å². The Morgan fingerprint density at radius 1 is 1.25 bits per heavy atom. The van der Waals surface area contributed by atoms with E-state index in [0.29, 0.717) is 0 Å². The molecule has 88 valence electrons. The highest BCUT2D eigenvalue weighted by Crippen LogP contribution is 2.44. The fourth-order valence-electron chi connectivity index (χ4n) is 2.77. The van der Waals surface area contributed by atoms with Gasteiger partial charge < -0.3 is 5.73 Å². The van der Waals surface area contributed by atoms with E-state index in [4.69, 9.17) is 5.73 Å². The number of hydrogen-bond donors (Lipinski definition) is 1. The van der Waals surface area contributed by atoms with Crippen LogP contribution in [0.4, 0.5) is 4.39 Å². The average Bonchev–Trinajstić information content (AvgIpc) is 2.29. The molecule has 2 N–H and O–H groups in total. The van der Waals surface area contributed by atoms with Crippen LogP contribution in [0.15, 0.2) is 24.3 Å². The van der Waals surface area contributed by atoms with Gasteiger partial charge in [-0.15, -0.1) is 0 Å². The minimum absolute atomic E-state index is 0.0384. The van der Waals surface area contributed by atoms with Crippen molar-refractivity contribution in [3.05, 3.63) is 35.6 Å². The lowest BCUT2D eigenvalue weighted by atomic mass is 9.69. The third-order valence-corrected chi connectivity index (χ3v) is 3.95. The molecule has 0 bridgehead atoms. The highest BCUT2D eigenvalue weighted by Gasteiger charge is 2.34. The average molecular weight is 221 g/mol. The molecule has 2 heteroatoms. The molecule has 16 heavy (non-hydrogen) atoms. The van der Waals surface area contributed by atoms with Crippen LogP contribution in [-0.2, 0) is 0 Å². The second-order valence-electron chi connectivity index (χ2n) is 5.25. The van der Waals surface area contributed by atoms with Crippen molar-refractivity contribution >= 4 is 0 Å². The van der Waals surface area contributed by atoms with Gasteiger partial charge in [-0.2, -0.15) is 0 Å². The largest absolute Gasteiger partial charge is 0.323 e. The molecular formula is C14H20FN. The van der Waals surface area contributed by atoms with E-state index in [0.717, 1.165) is 18.4 Å². The zero-order valence-electron chi connectivity index (χ0n) is 9.88. The first-order valence-corrected chi connectivity index (χ1v) is 6.13. The van der Waals surface area contributed by atoms with E-state index >= 15 is 0 Å². The molecule has 1 aromatic rings. The van der Waals surface area contributed by atoms with Crippen molar-refractivity contribution in [2.45, 2.75) is 45.1 Å². The van der Waals surface area contributed by atoms with Crippen LogP contribution in [-0.4, -0.2) is 0 Å². The molecule has 0 amide bonds. The van der Waals surface area contributed by atoms with Crippen LogP contribution >= 0.6 is 0 Å². The van der Waals surface area contributed by atoms with E-state index in [-0.39, 0.29) is 17.3 Å². The first kappa shape index (κ1) is 11.6. The molecule has 1 unspecified atom stereocenters. The molecular weight excluding hydrogens is 201 g/mol. The summed E-state index contributed by atoms with van der Waals surface area (Å²) in [6, 6.07) is 6.69. The zero-order chi connectivity index (χ0) is 11.6. The fourth-order valence-corrected chi connectivity index (χ4v) is 2.77. The normalized spacial score (nSPS) is 21.7. The van der Waals surface area contributed by atoms with Crippen molar-refractivity contribution in [1.29, 1.82) is 0 Å². The summed E-state index contributed by atoms with van der Waals surface area (Å²) in [6.07, 6.45) is 6.12. The van der Waals surface area contributed by atoms with Gasteiger partial charge in [0.25, 0.3) is 0 Å². The molecule has 2 rings (SSSR count). The summed E-state index contributed by atoms with van der Waals surface area (Å²) in [7, 11) is 0. The van der Waals surface area contributed by atoms with Gasteiger partial charge in [0.2, 0.25) is 0 Å². The van der Waals surface area contributed by atoms with Crippen LogP contribution in [0.1, 0.15) is 50.6 Å². The molecule has 1 nitrogen and oxygen atoms in total. The van der Waals surface area contributed by atoms with Gasteiger partial charge in [-0.25, -0.2) is 4.39 Å². The second kappa shape index (κ2) is 4.54. The Balaban J connectivity index is 2.20. The van der Waals surface area contributed by atoms with Gasteiger partial charge in [0.15, 0.2) is 0 Å². The number of halogens is 1. The molecule has 0 spiro atoms. The summed E-state index contributed by atoms with van der Waals surface area (Å²) in [5.41, 5.74) is 7.39. The third kappa shape index (κ3) is 2.27. The van der Waals surface area contributed by atoms with Crippen molar-refractivity contribution in [3.8, 4) is 0 Å². The second-order valence-corrected chi connectivity index (χ2v) is 5.25. The van der Waals surface area contributed by atoms with E-state index < -0.39 is 0 Å². The minimum Gasteiger partial charge on any atom is -0.323 e. The van der Waals surface area contributed by atoms with Gasteiger partial charge in [-0.3, -0.25) is 0 Å². The Morgan fingerprint density at radius 3 is 2.56 bits per heavy atom. The first-order chi connectivity index (χ1) is 7.62. The molecule has 1 aliphatic carbocycles. The maximum absolute atomic E-state index is 13.2. The fraction of sp³-hybridized carbons (Fsp3) is 0.571. The zero-order valence-corrected chi connectivity index (χ0v) is 9.88. The quantitative estimate of drug-likeness (QED) is 0.807. The minimum atomic E-state index is -0.188. The standard InChI is InChI=1S/C14H20FN/c1-14(8-3-2-4-9-14)13(16)11-6-5-7-12(15)10-11/h5-7,10,13H,2-4,8-9,16H2,1H3. The van der Waals surface area contributed by atoms with E-state index in [9.17, 15) is 4.39 Å². The number of nitrogens with two attached hydrogens (primary N) is 1. The molecule has 1 aromatic carbocycles. The summed E-state index contributed by atoms with van der Waals surface area (Å²) in [5.74, 6) is -0.188. The molecule has 0 aromatic heterocycles. The highest BCUT2D eigenvalue weighted by molar-refractivity contribution is 5.22. The van der Waals surface area contributed by atoms with E-state index in [1.165, 1.54) is 25.3 Å². The van der Waals surface area contributed by atoms with E-state index in [2.05, 4.69) is 6.92 Å². The van der Waals surface area contributed by atoms with E-state index in [1.807, 2.05) is 6.07 Å². The van der Waals surface area contributed by atoms with Crippen molar-refractivity contribution in [1.82, 2.24) is 0 Å². The molecule has 0 heterocycles. The monoisotopic (exact) mass is 221 g/mol. The van der Waals surface area contributed by atoms with Crippen LogP contribution in [0.25, 0.3) is 0 Å². The topological polar surface area (TPSA) is 26.0 Å². The van der Waals surface area contributed by atoms with Crippen LogP contribution in [0, 0.1) is 11.2 Å². The van der Waals surface area contributed by atoms with Gasteiger partial charge in [0.05, 0.1) is 0 Å². The summed E-state index contributed by atoms with van der Waals surface area (Å²) >= 11 is 0. The predicted octanol–water partition coefficient (Wildman–Crippen LogP) is 3.80. The van der Waals surface area contributed by atoms with Gasteiger partial charge in [0.1, 0.15) is 5.82 Å². The Hall–Kier alpha value is -0.890. The van der Waals surface area contributed by atoms with Crippen LogP contribution in [0.2, 0.25) is 0 Å². The van der Waals surface area contributed by atoms with Crippen molar-refractivity contribution in [2.75, 3.05) is 0 Å². The Kier molecular flexibility index (Phi) is 3.29. The van der Waals surface area contributed by atoms with Crippen LogP contribution < -0.4 is 5.73 Å². The number of benzene rings is 1. The lowest BCUT2D eigenvalue weighted by molar-refractivity contribution is 0.170. The molecule has 1 atom stereocenters. The maximum Gasteiger partial charge on any atom is 0.123 e. The van der Waals surface area contributed by atoms with Gasteiger partial charge >= 0.3 is 0 Å². The third-order valence-electron chi connectivity index (χ3n) is 3.95. The first-order valence-electron chi connectivity index (χ1n) is 6.13. The van der Waals surface area contributed by atoms with Crippen LogP contribution in [0.5, 0.6) is 0 Å². The summed E-state index contributed by atoms with van der Waals surface area (Å²) in [4.78, 5) is 0. The van der Waals surface area contributed by atoms with Crippen molar-refractivity contribution in [3.63, 3.8) is 0 Å². The lowest BCUT2D eigenvalue weighted by Crippen LogP contribution is -2.33. The molecule has 0 radical (unpaired) electrons. The SMILES string of the molecule is CC1(C(N)c2cccc(F)c2)CCCCC1. The van der Waals surface area contributed by atoms with Crippen molar-refractivity contribution < 1.29 is 4.39 Å². The smallest absolute Gasteiger partial charge is 0.123 e. The number of hydrogen-bond acceptors (Lipinski definition) is 1. The molecule has 1 aliphatic rings. The van der Waals surface area contributed by atoms with E-state index in [1.54, 1.807) is 12.1 Å². The Labute approximate surface area is 96.9 Å². The molecule has 1 fully saturated rings. The predicted molar refractivity (Wildman–Crippen MR) is 64.5 cm³/mol.